The second kappa shape index (κ2) is 3.79. The Labute approximate surface area is 85.6 Å². The quantitative estimate of drug-likeness (QED) is 0.677. The molecule has 0 aromatic carbocycles. The fraction of sp³-hybridized carbons (Fsp3) is 1.00. The van der Waals surface area contributed by atoms with E-state index in [0.717, 1.165) is 25.9 Å². The van der Waals surface area contributed by atoms with Crippen LogP contribution in [0, 0.1) is 0 Å². The first kappa shape index (κ1) is 10.4. The van der Waals surface area contributed by atoms with Crippen LogP contribution >= 0.6 is 0 Å². The van der Waals surface area contributed by atoms with Crippen LogP contribution in [0.5, 0.6) is 0 Å². The van der Waals surface area contributed by atoms with E-state index in [1.165, 1.54) is 0 Å². The van der Waals surface area contributed by atoms with Gasteiger partial charge in [-0.15, -0.1) is 0 Å². The molecule has 1 unspecified atom stereocenters. The van der Waals surface area contributed by atoms with Crippen LogP contribution in [0.4, 0.5) is 0 Å². The summed E-state index contributed by atoms with van der Waals surface area (Å²) in [5.74, 6) is 0.750. The van der Waals surface area contributed by atoms with Crippen LogP contribution in [0.15, 0.2) is 0 Å². The van der Waals surface area contributed by atoms with Crippen molar-refractivity contribution in [2.24, 2.45) is 0 Å². The van der Waals surface area contributed by atoms with Gasteiger partial charge in [0.15, 0.2) is 9.84 Å². The Morgan fingerprint density at radius 3 is 2.50 bits per heavy atom. The zero-order valence-electron chi connectivity index (χ0n) is 8.57. The molecule has 2 aliphatic heterocycles. The molecule has 0 radical (unpaired) electrons. The van der Waals surface area contributed by atoms with E-state index in [1.807, 2.05) is 0 Å². The van der Waals surface area contributed by atoms with Gasteiger partial charge in [0.1, 0.15) is 0 Å². The maximum Gasteiger partial charge on any atom is 0.151 e. The van der Waals surface area contributed by atoms with E-state index in [-0.39, 0.29) is 6.04 Å². The summed E-state index contributed by atoms with van der Waals surface area (Å²) in [5, 5.41) is 3.21. The van der Waals surface area contributed by atoms with Crippen LogP contribution in [0.1, 0.15) is 12.8 Å². The predicted octanol–water partition coefficient (Wildman–Crippen LogP) is -0.533. The van der Waals surface area contributed by atoms with Gasteiger partial charge >= 0.3 is 0 Å². The Kier molecular flexibility index (Phi) is 2.81. The van der Waals surface area contributed by atoms with Gasteiger partial charge in [-0.3, -0.25) is 4.90 Å². The number of nitrogens with one attached hydrogen (secondary N) is 1. The zero-order valence-corrected chi connectivity index (χ0v) is 9.39. The molecule has 2 aliphatic rings. The van der Waals surface area contributed by atoms with Gasteiger partial charge in [0.25, 0.3) is 0 Å². The summed E-state index contributed by atoms with van der Waals surface area (Å²) in [4.78, 5) is 2.24. The van der Waals surface area contributed by atoms with Crippen molar-refractivity contribution in [2.45, 2.75) is 24.9 Å². The first-order chi connectivity index (χ1) is 6.58. The van der Waals surface area contributed by atoms with E-state index in [2.05, 4.69) is 17.3 Å². The lowest BCUT2D eigenvalue weighted by Gasteiger charge is -2.41. The Morgan fingerprint density at radius 1 is 1.29 bits per heavy atom. The van der Waals surface area contributed by atoms with Crippen molar-refractivity contribution in [1.82, 2.24) is 10.2 Å². The van der Waals surface area contributed by atoms with Crippen LogP contribution in [0.3, 0.4) is 0 Å². The molecule has 1 atom stereocenters. The van der Waals surface area contributed by atoms with Crippen molar-refractivity contribution in [3.8, 4) is 0 Å². The van der Waals surface area contributed by atoms with Crippen LogP contribution < -0.4 is 5.32 Å². The average molecular weight is 218 g/mol. The molecule has 2 fully saturated rings. The molecular formula is C9H18N2O2S. The fourth-order valence-corrected chi connectivity index (χ4v) is 3.94. The highest BCUT2D eigenvalue weighted by Crippen LogP contribution is 2.19. The Morgan fingerprint density at radius 2 is 2.00 bits per heavy atom. The average Bonchev–Trinajstić information content (AvgIpc) is 1.99. The monoisotopic (exact) mass is 218 g/mol. The summed E-state index contributed by atoms with van der Waals surface area (Å²) in [6, 6.07) is 0.800. The van der Waals surface area contributed by atoms with Crippen molar-refractivity contribution in [1.29, 1.82) is 0 Å². The van der Waals surface area contributed by atoms with Crippen LogP contribution in [-0.4, -0.2) is 57.0 Å². The third-order valence-corrected chi connectivity index (χ3v) is 5.15. The summed E-state index contributed by atoms with van der Waals surface area (Å²) < 4.78 is 22.9. The Bertz CT molecular complexity index is 298. The molecule has 0 saturated carbocycles. The molecule has 1 N–H and O–H groups in total. The van der Waals surface area contributed by atoms with Gasteiger partial charge in [-0.05, 0) is 19.9 Å². The molecule has 82 valence electrons. The van der Waals surface area contributed by atoms with Gasteiger partial charge in [-0.1, -0.05) is 0 Å². The fourth-order valence-electron chi connectivity index (χ4n) is 2.18. The maximum absolute atomic E-state index is 11.5. The van der Waals surface area contributed by atoms with Gasteiger partial charge in [0.05, 0.1) is 11.5 Å². The third-order valence-electron chi connectivity index (χ3n) is 3.35. The van der Waals surface area contributed by atoms with E-state index in [9.17, 15) is 8.42 Å². The second-order valence-electron chi connectivity index (χ2n) is 4.39. The van der Waals surface area contributed by atoms with Crippen molar-refractivity contribution < 1.29 is 8.42 Å². The molecule has 0 bridgehead atoms. The van der Waals surface area contributed by atoms with Crippen molar-refractivity contribution in [3.63, 3.8) is 0 Å². The zero-order chi connectivity index (χ0) is 10.2. The number of rotatable bonds is 2. The standard InChI is InChI=1S/C9H18N2O2S/c1-11(9-5-10-6-9)8-3-2-4-14(12,13)7-8/h8-10H,2-7H2,1H3. The highest BCUT2D eigenvalue weighted by Gasteiger charge is 2.32. The number of likely N-dealkylation sites (N-methyl/N-ethyl adjacent to an activating group) is 1. The molecule has 0 amide bonds. The van der Waals surface area contributed by atoms with E-state index in [4.69, 9.17) is 0 Å². The summed E-state index contributed by atoms with van der Waals surface area (Å²) in [6.07, 6.45) is 1.86. The predicted molar refractivity (Wildman–Crippen MR) is 56.1 cm³/mol. The van der Waals surface area contributed by atoms with E-state index in [0.29, 0.717) is 17.5 Å². The first-order valence-electron chi connectivity index (χ1n) is 5.21. The Balaban J connectivity index is 1.96. The highest BCUT2D eigenvalue weighted by atomic mass is 32.2. The number of hydrogen-bond donors (Lipinski definition) is 1. The lowest BCUT2D eigenvalue weighted by Crippen LogP contribution is -2.60. The molecule has 0 aliphatic carbocycles. The van der Waals surface area contributed by atoms with E-state index >= 15 is 0 Å². The number of nitrogens with zero attached hydrogens (tertiary/aromatic N) is 1. The minimum Gasteiger partial charge on any atom is -0.314 e. The van der Waals surface area contributed by atoms with Gasteiger partial charge in [-0.25, -0.2) is 8.42 Å². The van der Waals surface area contributed by atoms with E-state index in [1.54, 1.807) is 0 Å². The van der Waals surface area contributed by atoms with Gasteiger partial charge < -0.3 is 5.32 Å². The second-order valence-corrected chi connectivity index (χ2v) is 6.62. The van der Waals surface area contributed by atoms with E-state index < -0.39 is 9.84 Å². The molecule has 2 heterocycles. The summed E-state index contributed by atoms with van der Waals surface area (Å²) >= 11 is 0. The van der Waals surface area contributed by atoms with Gasteiger partial charge in [-0.2, -0.15) is 0 Å². The lowest BCUT2D eigenvalue weighted by atomic mass is 10.1. The molecular weight excluding hydrogens is 200 g/mol. The topological polar surface area (TPSA) is 49.4 Å². The smallest absolute Gasteiger partial charge is 0.151 e. The molecule has 4 nitrogen and oxygen atoms in total. The van der Waals surface area contributed by atoms with Crippen molar-refractivity contribution in [3.05, 3.63) is 0 Å². The summed E-state index contributed by atoms with van der Waals surface area (Å²) in [5.41, 5.74) is 0. The normalized spacial score (nSPS) is 32.9. The molecule has 0 spiro atoms. The van der Waals surface area contributed by atoms with Gasteiger partial charge in [0.2, 0.25) is 0 Å². The Hall–Kier alpha value is -0.130. The van der Waals surface area contributed by atoms with Gasteiger partial charge in [0, 0.05) is 25.2 Å². The lowest BCUT2D eigenvalue weighted by molar-refractivity contribution is 0.129. The number of hydrogen-bond acceptors (Lipinski definition) is 4. The highest BCUT2D eigenvalue weighted by molar-refractivity contribution is 7.91. The van der Waals surface area contributed by atoms with Crippen LogP contribution in [0.25, 0.3) is 0 Å². The summed E-state index contributed by atoms with van der Waals surface area (Å²) in [6.45, 7) is 2.01. The summed E-state index contributed by atoms with van der Waals surface area (Å²) in [7, 11) is -0.704. The minimum atomic E-state index is -2.76. The molecule has 2 rings (SSSR count). The molecule has 14 heavy (non-hydrogen) atoms. The van der Waals surface area contributed by atoms with Crippen LogP contribution in [0.2, 0.25) is 0 Å². The first-order valence-corrected chi connectivity index (χ1v) is 7.04. The van der Waals surface area contributed by atoms with Crippen molar-refractivity contribution in [2.75, 3.05) is 31.6 Å². The van der Waals surface area contributed by atoms with Crippen LogP contribution in [-0.2, 0) is 9.84 Å². The number of sulfone groups is 1. The molecule has 0 aromatic rings. The SMILES string of the molecule is CN(C1CNC1)C1CCCS(=O)(=O)C1. The third kappa shape index (κ3) is 2.10. The molecule has 2 saturated heterocycles. The molecule has 0 aromatic heterocycles. The largest absolute Gasteiger partial charge is 0.314 e. The van der Waals surface area contributed by atoms with Crippen molar-refractivity contribution >= 4 is 9.84 Å². The minimum absolute atomic E-state index is 0.251. The molecule has 5 heteroatoms. The maximum atomic E-state index is 11.5.